The number of hydrogen-bond acceptors (Lipinski definition) is 2. The summed E-state index contributed by atoms with van der Waals surface area (Å²) in [6.45, 7) is 3.58. The predicted molar refractivity (Wildman–Crippen MR) is 49.6 cm³/mol. The molecule has 2 nitrogen and oxygen atoms in total. The van der Waals surface area contributed by atoms with Gasteiger partial charge in [0.2, 0.25) is 0 Å². The fraction of sp³-hybridized carbons (Fsp3) is 0.800. The van der Waals surface area contributed by atoms with Crippen molar-refractivity contribution in [3.8, 4) is 11.8 Å². The Kier molecular flexibility index (Phi) is 4.13. The molecule has 0 aliphatic carbocycles. The van der Waals surface area contributed by atoms with E-state index in [1.807, 2.05) is 6.92 Å². The molecule has 0 saturated carbocycles. The van der Waals surface area contributed by atoms with E-state index < -0.39 is 0 Å². The standard InChI is InChI=1S/C10H17NO/c1-2-3-6-10(11)9-5-4-7-12-8-9/h9-10H,4-8,11H2,1H3. The van der Waals surface area contributed by atoms with Gasteiger partial charge in [-0.1, -0.05) is 0 Å². The third-order valence-corrected chi connectivity index (χ3v) is 2.32. The van der Waals surface area contributed by atoms with Crippen molar-refractivity contribution < 1.29 is 4.74 Å². The smallest absolute Gasteiger partial charge is 0.0509 e. The van der Waals surface area contributed by atoms with Crippen LogP contribution in [-0.4, -0.2) is 19.3 Å². The van der Waals surface area contributed by atoms with Crippen LogP contribution >= 0.6 is 0 Å². The molecule has 0 aromatic heterocycles. The maximum absolute atomic E-state index is 5.95. The summed E-state index contributed by atoms with van der Waals surface area (Å²) in [7, 11) is 0. The van der Waals surface area contributed by atoms with E-state index in [2.05, 4.69) is 11.8 Å². The molecular formula is C10H17NO. The molecule has 0 aromatic carbocycles. The molecule has 68 valence electrons. The lowest BCUT2D eigenvalue weighted by Crippen LogP contribution is -2.35. The van der Waals surface area contributed by atoms with Crippen molar-refractivity contribution in [1.82, 2.24) is 0 Å². The van der Waals surface area contributed by atoms with Gasteiger partial charge >= 0.3 is 0 Å². The molecular weight excluding hydrogens is 150 g/mol. The molecule has 0 bridgehead atoms. The van der Waals surface area contributed by atoms with Gasteiger partial charge in [-0.15, -0.1) is 11.8 Å². The van der Waals surface area contributed by atoms with Crippen LogP contribution in [0.4, 0.5) is 0 Å². The Morgan fingerprint density at radius 1 is 1.67 bits per heavy atom. The fourth-order valence-corrected chi connectivity index (χ4v) is 1.49. The summed E-state index contributed by atoms with van der Waals surface area (Å²) in [6.07, 6.45) is 3.16. The van der Waals surface area contributed by atoms with Crippen molar-refractivity contribution in [2.75, 3.05) is 13.2 Å². The van der Waals surface area contributed by atoms with Crippen LogP contribution < -0.4 is 5.73 Å². The minimum atomic E-state index is 0.206. The predicted octanol–water partition coefficient (Wildman–Crippen LogP) is 1.15. The molecule has 2 heteroatoms. The first kappa shape index (κ1) is 9.57. The van der Waals surface area contributed by atoms with Crippen molar-refractivity contribution in [3.05, 3.63) is 0 Å². The number of nitrogens with two attached hydrogens (primary N) is 1. The van der Waals surface area contributed by atoms with E-state index >= 15 is 0 Å². The molecule has 1 aliphatic rings. The van der Waals surface area contributed by atoms with Crippen molar-refractivity contribution in [3.63, 3.8) is 0 Å². The molecule has 0 spiro atoms. The summed E-state index contributed by atoms with van der Waals surface area (Å²) in [4.78, 5) is 0. The molecule has 0 radical (unpaired) electrons. The minimum Gasteiger partial charge on any atom is -0.381 e. The van der Waals surface area contributed by atoms with Gasteiger partial charge in [0.25, 0.3) is 0 Å². The minimum absolute atomic E-state index is 0.206. The molecule has 1 heterocycles. The average molecular weight is 167 g/mol. The lowest BCUT2D eigenvalue weighted by atomic mass is 9.92. The van der Waals surface area contributed by atoms with Crippen LogP contribution in [0.1, 0.15) is 26.2 Å². The quantitative estimate of drug-likeness (QED) is 0.626. The topological polar surface area (TPSA) is 35.2 Å². The molecule has 1 aliphatic heterocycles. The average Bonchev–Trinajstić information content (AvgIpc) is 2.15. The zero-order chi connectivity index (χ0) is 8.81. The van der Waals surface area contributed by atoms with Crippen LogP contribution in [0.5, 0.6) is 0 Å². The third kappa shape index (κ3) is 2.84. The van der Waals surface area contributed by atoms with Gasteiger partial charge in [-0.05, 0) is 25.7 Å². The van der Waals surface area contributed by atoms with Crippen LogP contribution in [0.25, 0.3) is 0 Å². The molecule has 0 aromatic rings. The molecule has 2 atom stereocenters. The van der Waals surface area contributed by atoms with Crippen molar-refractivity contribution in [1.29, 1.82) is 0 Å². The molecule has 2 unspecified atom stereocenters. The molecule has 2 N–H and O–H groups in total. The van der Waals surface area contributed by atoms with Gasteiger partial charge in [-0.2, -0.15) is 0 Å². The van der Waals surface area contributed by atoms with E-state index in [9.17, 15) is 0 Å². The highest BCUT2D eigenvalue weighted by Crippen LogP contribution is 2.17. The van der Waals surface area contributed by atoms with Crippen LogP contribution in [0.3, 0.4) is 0 Å². The van der Waals surface area contributed by atoms with Crippen LogP contribution in [0.15, 0.2) is 0 Å². The first-order valence-corrected chi connectivity index (χ1v) is 4.57. The van der Waals surface area contributed by atoms with Crippen LogP contribution in [0.2, 0.25) is 0 Å². The fourth-order valence-electron chi connectivity index (χ4n) is 1.49. The van der Waals surface area contributed by atoms with Crippen molar-refractivity contribution in [2.45, 2.75) is 32.2 Å². The Bertz CT molecular complexity index is 174. The van der Waals surface area contributed by atoms with Gasteiger partial charge in [0, 0.05) is 19.1 Å². The second-order valence-electron chi connectivity index (χ2n) is 3.27. The third-order valence-electron chi connectivity index (χ3n) is 2.32. The lowest BCUT2D eigenvalue weighted by molar-refractivity contribution is 0.0456. The maximum Gasteiger partial charge on any atom is 0.0509 e. The van der Waals surface area contributed by atoms with Gasteiger partial charge in [0.05, 0.1) is 6.61 Å². The number of rotatable bonds is 2. The molecule has 1 rings (SSSR count). The monoisotopic (exact) mass is 167 g/mol. The van der Waals surface area contributed by atoms with E-state index in [1.54, 1.807) is 0 Å². The summed E-state index contributed by atoms with van der Waals surface area (Å²) < 4.78 is 5.36. The zero-order valence-electron chi connectivity index (χ0n) is 7.68. The number of hydrogen-bond donors (Lipinski definition) is 1. The molecule has 1 saturated heterocycles. The Labute approximate surface area is 74.5 Å². The summed E-state index contributed by atoms with van der Waals surface area (Å²) >= 11 is 0. The molecule has 12 heavy (non-hydrogen) atoms. The van der Waals surface area contributed by atoms with Gasteiger partial charge in [0.15, 0.2) is 0 Å². The number of ether oxygens (including phenoxy) is 1. The normalized spacial score (nSPS) is 25.7. The summed E-state index contributed by atoms with van der Waals surface area (Å²) in [5.41, 5.74) is 5.95. The second-order valence-corrected chi connectivity index (χ2v) is 3.27. The summed E-state index contributed by atoms with van der Waals surface area (Å²) in [5.74, 6) is 6.41. The van der Waals surface area contributed by atoms with Crippen molar-refractivity contribution in [2.24, 2.45) is 11.7 Å². The largest absolute Gasteiger partial charge is 0.381 e. The van der Waals surface area contributed by atoms with Crippen molar-refractivity contribution >= 4 is 0 Å². The van der Waals surface area contributed by atoms with E-state index in [-0.39, 0.29) is 6.04 Å². The molecule has 1 fully saturated rings. The van der Waals surface area contributed by atoms with E-state index in [4.69, 9.17) is 10.5 Å². The zero-order valence-corrected chi connectivity index (χ0v) is 7.68. The first-order chi connectivity index (χ1) is 5.84. The Hall–Kier alpha value is -0.520. The SMILES string of the molecule is CC#CCC(N)C1CCCOC1. The first-order valence-electron chi connectivity index (χ1n) is 4.57. The van der Waals surface area contributed by atoms with Gasteiger partial charge in [-0.3, -0.25) is 0 Å². The van der Waals surface area contributed by atoms with E-state index in [0.29, 0.717) is 5.92 Å². The second kappa shape index (κ2) is 5.18. The summed E-state index contributed by atoms with van der Waals surface area (Å²) in [5, 5.41) is 0. The van der Waals surface area contributed by atoms with Gasteiger partial charge < -0.3 is 10.5 Å². The van der Waals surface area contributed by atoms with E-state index in [0.717, 1.165) is 26.1 Å². The van der Waals surface area contributed by atoms with Gasteiger partial charge in [0.1, 0.15) is 0 Å². The Morgan fingerprint density at radius 2 is 2.50 bits per heavy atom. The summed E-state index contributed by atoms with van der Waals surface area (Å²) in [6, 6.07) is 0.206. The van der Waals surface area contributed by atoms with E-state index in [1.165, 1.54) is 6.42 Å². The highest BCUT2D eigenvalue weighted by atomic mass is 16.5. The Balaban J connectivity index is 2.27. The molecule has 0 amide bonds. The highest BCUT2D eigenvalue weighted by molar-refractivity contribution is 4.98. The maximum atomic E-state index is 5.95. The van der Waals surface area contributed by atoms with Crippen LogP contribution in [0, 0.1) is 17.8 Å². The van der Waals surface area contributed by atoms with Crippen LogP contribution in [-0.2, 0) is 4.74 Å². The highest BCUT2D eigenvalue weighted by Gasteiger charge is 2.19. The lowest BCUT2D eigenvalue weighted by Gasteiger charge is -2.26. The Morgan fingerprint density at radius 3 is 3.08 bits per heavy atom. The van der Waals surface area contributed by atoms with Gasteiger partial charge in [-0.25, -0.2) is 0 Å².